The zero-order valence-corrected chi connectivity index (χ0v) is 37.9. The van der Waals surface area contributed by atoms with Crippen LogP contribution in [0.15, 0.2) is 194 Å². The maximum absolute atomic E-state index is 2.58. The van der Waals surface area contributed by atoms with Crippen LogP contribution in [-0.2, 0) is 5.41 Å². The molecule has 312 valence electrons. The summed E-state index contributed by atoms with van der Waals surface area (Å²) < 4.78 is 0. The van der Waals surface area contributed by atoms with Gasteiger partial charge in [-0.15, -0.1) is 0 Å². The number of para-hydroxylation sites is 2. The van der Waals surface area contributed by atoms with Gasteiger partial charge in [-0.25, -0.2) is 0 Å². The van der Waals surface area contributed by atoms with Crippen LogP contribution >= 0.6 is 0 Å². The molecule has 65 heavy (non-hydrogen) atoms. The summed E-state index contributed by atoms with van der Waals surface area (Å²) in [7, 11) is 0. The Morgan fingerprint density at radius 3 is 1.03 bits per heavy atom. The van der Waals surface area contributed by atoms with Crippen LogP contribution in [-0.4, -0.2) is 0 Å². The summed E-state index contributed by atoms with van der Waals surface area (Å²) in [6, 6.07) is 73.6. The van der Waals surface area contributed by atoms with Gasteiger partial charge < -0.3 is 9.80 Å². The van der Waals surface area contributed by atoms with Gasteiger partial charge >= 0.3 is 0 Å². The largest absolute Gasteiger partial charge is 0.310 e. The standard InChI is InChI=1S/C63H50N2/c1-39-31-40(2)34-45(33-39)64(57-29-17-7-19-43(57)5)59-37-55-61(51-25-11-9-23-49(51)59)62-52-26-12-10-24-50(52)60(65(58-30-18-8-20-44(58)6)46-35-41(3)32-42(4)36-46)38-56(62)63(55)53-27-15-13-21-47(53)48-22-14-16-28-54(48)63/h7-38H,1-6H3. The van der Waals surface area contributed by atoms with Crippen molar-refractivity contribution < 1.29 is 0 Å². The first-order valence-electron chi connectivity index (χ1n) is 22.9. The van der Waals surface area contributed by atoms with Crippen LogP contribution in [0.5, 0.6) is 0 Å². The molecule has 12 rings (SSSR count). The lowest BCUT2D eigenvalue weighted by Crippen LogP contribution is -2.27. The van der Waals surface area contributed by atoms with Crippen LogP contribution < -0.4 is 9.80 Å². The predicted octanol–water partition coefficient (Wildman–Crippen LogP) is 17.1. The van der Waals surface area contributed by atoms with Gasteiger partial charge in [0.1, 0.15) is 0 Å². The van der Waals surface area contributed by atoms with Crippen molar-refractivity contribution in [3.05, 3.63) is 250 Å². The molecule has 2 heteroatoms. The van der Waals surface area contributed by atoms with Gasteiger partial charge in [0.2, 0.25) is 0 Å². The molecule has 2 aliphatic carbocycles. The smallest absolute Gasteiger partial charge is 0.0727 e. The fourth-order valence-corrected chi connectivity index (χ4v) is 11.8. The summed E-state index contributed by atoms with van der Waals surface area (Å²) in [5.74, 6) is 0. The molecule has 0 saturated carbocycles. The molecule has 0 N–H and O–H groups in total. The van der Waals surface area contributed by atoms with Crippen LogP contribution in [0.4, 0.5) is 34.1 Å². The molecule has 2 aliphatic rings. The average Bonchev–Trinajstić information content (AvgIpc) is 3.77. The molecule has 0 radical (unpaired) electrons. The number of aryl methyl sites for hydroxylation is 6. The van der Waals surface area contributed by atoms with E-state index in [0.717, 1.165) is 11.4 Å². The van der Waals surface area contributed by atoms with E-state index in [1.54, 1.807) is 0 Å². The molecular weight excluding hydrogens is 785 g/mol. The summed E-state index contributed by atoms with van der Waals surface area (Å²) in [5, 5.41) is 4.96. The topological polar surface area (TPSA) is 6.48 Å². The van der Waals surface area contributed by atoms with Gasteiger partial charge in [-0.3, -0.25) is 0 Å². The second-order valence-corrected chi connectivity index (χ2v) is 18.5. The third-order valence-corrected chi connectivity index (χ3v) is 14.2. The Kier molecular flexibility index (Phi) is 8.80. The predicted molar refractivity (Wildman–Crippen MR) is 276 cm³/mol. The van der Waals surface area contributed by atoms with Crippen molar-refractivity contribution in [2.75, 3.05) is 9.80 Å². The molecule has 0 atom stereocenters. The number of hydrogen-bond acceptors (Lipinski definition) is 2. The second-order valence-electron chi connectivity index (χ2n) is 18.5. The minimum absolute atomic E-state index is 0.630. The number of benzene rings is 10. The lowest BCUT2D eigenvalue weighted by molar-refractivity contribution is 0.795. The van der Waals surface area contributed by atoms with Crippen molar-refractivity contribution in [2.45, 2.75) is 47.0 Å². The highest BCUT2D eigenvalue weighted by molar-refractivity contribution is 6.19. The van der Waals surface area contributed by atoms with E-state index >= 15 is 0 Å². The van der Waals surface area contributed by atoms with Crippen LogP contribution in [0.1, 0.15) is 55.6 Å². The van der Waals surface area contributed by atoms with Gasteiger partial charge in [0.15, 0.2) is 0 Å². The maximum atomic E-state index is 2.58. The Morgan fingerprint density at radius 2 is 0.631 bits per heavy atom. The van der Waals surface area contributed by atoms with Gasteiger partial charge in [0.25, 0.3) is 0 Å². The molecule has 0 aliphatic heterocycles. The molecular formula is C63H50N2. The van der Waals surface area contributed by atoms with Crippen LogP contribution in [0, 0.1) is 41.5 Å². The molecule has 10 aromatic carbocycles. The molecule has 1 spiro atoms. The quantitative estimate of drug-likeness (QED) is 0.165. The second kappa shape index (κ2) is 14.7. The zero-order chi connectivity index (χ0) is 44.1. The third kappa shape index (κ3) is 5.73. The van der Waals surface area contributed by atoms with E-state index in [0.29, 0.717) is 0 Å². The highest BCUT2D eigenvalue weighted by Crippen LogP contribution is 2.67. The summed E-state index contributed by atoms with van der Waals surface area (Å²) in [4.78, 5) is 5.07. The minimum Gasteiger partial charge on any atom is -0.310 e. The lowest BCUT2D eigenvalue weighted by Gasteiger charge is -2.34. The molecule has 2 nitrogen and oxygen atoms in total. The summed E-state index contributed by atoms with van der Waals surface area (Å²) in [6.45, 7) is 13.3. The molecule has 0 heterocycles. The first-order valence-corrected chi connectivity index (χ1v) is 22.9. The van der Waals surface area contributed by atoms with Crippen molar-refractivity contribution in [2.24, 2.45) is 0 Å². The molecule has 0 aromatic heterocycles. The fourth-order valence-electron chi connectivity index (χ4n) is 11.8. The van der Waals surface area contributed by atoms with Gasteiger partial charge in [-0.05, 0) is 179 Å². The van der Waals surface area contributed by atoms with Gasteiger partial charge in [0, 0.05) is 33.5 Å². The first-order chi connectivity index (χ1) is 31.7. The Bertz CT molecular complexity index is 3310. The lowest BCUT2D eigenvalue weighted by atomic mass is 9.70. The van der Waals surface area contributed by atoms with Gasteiger partial charge in [-0.2, -0.15) is 0 Å². The summed E-state index contributed by atoms with van der Waals surface area (Å²) in [5.41, 5.74) is 24.3. The number of anilines is 6. The van der Waals surface area contributed by atoms with Gasteiger partial charge in [-0.1, -0.05) is 146 Å². The molecule has 0 bridgehead atoms. The van der Waals surface area contributed by atoms with Crippen LogP contribution in [0.3, 0.4) is 0 Å². The fraction of sp³-hybridized carbons (Fsp3) is 0.111. The summed E-state index contributed by atoms with van der Waals surface area (Å²) in [6.07, 6.45) is 0. The average molecular weight is 835 g/mol. The number of fused-ring (bicyclic) bond motifs is 14. The van der Waals surface area contributed by atoms with E-state index in [1.165, 1.54) is 122 Å². The highest BCUT2D eigenvalue weighted by atomic mass is 15.2. The molecule has 0 unspecified atom stereocenters. The van der Waals surface area contributed by atoms with Crippen molar-refractivity contribution in [3.63, 3.8) is 0 Å². The van der Waals surface area contributed by atoms with Crippen LogP contribution in [0.2, 0.25) is 0 Å². The van der Waals surface area contributed by atoms with Gasteiger partial charge in [0.05, 0.1) is 16.8 Å². The summed E-state index contributed by atoms with van der Waals surface area (Å²) >= 11 is 0. The van der Waals surface area contributed by atoms with E-state index in [1.807, 2.05) is 0 Å². The molecule has 0 amide bonds. The first kappa shape index (κ1) is 39.0. The highest BCUT2D eigenvalue weighted by Gasteiger charge is 2.53. The normalized spacial score (nSPS) is 12.9. The Morgan fingerprint density at radius 1 is 0.292 bits per heavy atom. The van der Waals surface area contributed by atoms with E-state index in [4.69, 9.17) is 0 Å². The third-order valence-electron chi connectivity index (χ3n) is 14.2. The molecule has 10 aromatic rings. The van der Waals surface area contributed by atoms with Crippen molar-refractivity contribution in [1.82, 2.24) is 0 Å². The zero-order valence-electron chi connectivity index (χ0n) is 37.9. The molecule has 0 fully saturated rings. The number of rotatable bonds is 6. The van der Waals surface area contributed by atoms with Crippen molar-refractivity contribution >= 4 is 55.7 Å². The number of nitrogens with zero attached hydrogens (tertiary/aromatic N) is 2. The SMILES string of the molecule is Cc1cc(C)cc(N(c2ccccc2C)c2cc3c(c4ccccc24)-c2c(cc(N(c4cc(C)cc(C)c4)c4ccccc4C)c4ccccc24)C32c3ccccc3-c3ccccc32)c1. The monoisotopic (exact) mass is 834 g/mol. The van der Waals surface area contributed by atoms with E-state index in [2.05, 4.69) is 245 Å². The Balaban J connectivity index is 1.28. The van der Waals surface area contributed by atoms with Crippen LogP contribution in [0.25, 0.3) is 43.8 Å². The minimum atomic E-state index is -0.630. The van der Waals surface area contributed by atoms with E-state index in [-0.39, 0.29) is 0 Å². The van der Waals surface area contributed by atoms with E-state index < -0.39 is 5.41 Å². The maximum Gasteiger partial charge on any atom is 0.0727 e. The number of hydrogen-bond donors (Lipinski definition) is 0. The van der Waals surface area contributed by atoms with Crippen molar-refractivity contribution in [3.8, 4) is 22.3 Å². The Labute approximate surface area is 382 Å². The van der Waals surface area contributed by atoms with Crippen molar-refractivity contribution in [1.29, 1.82) is 0 Å². The Hall–Kier alpha value is -7.68. The van der Waals surface area contributed by atoms with E-state index in [9.17, 15) is 0 Å². The molecule has 0 saturated heterocycles.